The minimum Gasteiger partial charge on any atom is -0.466 e. The Morgan fingerprint density at radius 2 is 2.19 bits per heavy atom. The number of hydrogen-bond acceptors (Lipinski definition) is 2. The molecule has 0 saturated carbocycles. The number of esters is 1. The summed E-state index contributed by atoms with van der Waals surface area (Å²) in [5.41, 5.74) is 4.90. The minimum absolute atomic E-state index is 0.260. The smallest absolute Gasteiger partial charge is 0.330 e. The van der Waals surface area contributed by atoms with Crippen LogP contribution in [0.1, 0.15) is 29.5 Å². The summed E-state index contributed by atoms with van der Waals surface area (Å²) in [7, 11) is 1.42. The van der Waals surface area contributed by atoms with E-state index >= 15 is 0 Å². The predicted octanol–water partition coefficient (Wildman–Crippen LogP) is 2.89. The minimum atomic E-state index is -0.260. The molecule has 2 heteroatoms. The molecular formula is C14H16O2. The summed E-state index contributed by atoms with van der Waals surface area (Å²) in [5, 5.41) is 0. The van der Waals surface area contributed by atoms with E-state index in [-0.39, 0.29) is 5.97 Å². The highest BCUT2D eigenvalue weighted by atomic mass is 16.5. The fraction of sp³-hybridized carbons (Fsp3) is 0.357. The monoisotopic (exact) mass is 216 g/mol. The highest BCUT2D eigenvalue weighted by molar-refractivity contribution is 5.92. The second kappa shape index (κ2) is 4.52. The first-order valence-corrected chi connectivity index (χ1v) is 5.59. The third-order valence-corrected chi connectivity index (χ3v) is 3.00. The van der Waals surface area contributed by atoms with Crippen molar-refractivity contribution in [1.29, 1.82) is 0 Å². The van der Waals surface area contributed by atoms with Gasteiger partial charge in [0, 0.05) is 6.08 Å². The Morgan fingerprint density at radius 1 is 1.38 bits per heavy atom. The van der Waals surface area contributed by atoms with E-state index in [0.29, 0.717) is 0 Å². The molecule has 0 spiro atoms. The van der Waals surface area contributed by atoms with Gasteiger partial charge in [-0.2, -0.15) is 0 Å². The normalized spacial score (nSPS) is 17.0. The van der Waals surface area contributed by atoms with Crippen LogP contribution in [0.25, 0.3) is 5.57 Å². The number of methoxy groups -OCH3 is 1. The van der Waals surface area contributed by atoms with Crippen LogP contribution in [0, 0.1) is 6.92 Å². The van der Waals surface area contributed by atoms with Crippen LogP contribution in [-0.2, 0) is 16.0 Å². The Kier molecular flexibility index (Phi) is 3.09. The number of carbonyl (C=O) groups is 1. The topological polar surface area (TPSA) is 26.3 Å². The van der Waals surface area contributed by atoms with Crippen LogP contribution in [0.5, 0.6) is 0 Å². The molecule has 0 aliphatic heterocycles. The van der Waals surface area contributed by atoms with Crippen molar-refractivity contribution in [1.82, 2.24) is 0 Å². The van der Waals surface area contributed by atoms with Crippen LogP contribution in [0.4, 0.5) is 0 Å². The fourth-order valence-electron chi connectivity index (χ4n) is 2.16. The van der Waals surface area contributed by atoms with E-state index in [9.17, 15) is 4.79 Å². The van der Waals surface area contributed by atoms with Crippen molar-refractivity contribution >= 4 is 11.5 Å². The largest absolute Gasteiger partial charge is 0.466 e. The number of allylic oxidation sites excluding steroid dienone is 1. The van der Waals surface area contributed by atoms with E-state index < -0.39 is 0 Å². The van der Waals surface area contributed by atoms with Gasteiger partial charge < -0.3 is 4.74 Å². The molecule has 0 heterocycles. The average molecular weight is 216 g/mol. The van der Waals surface area contributed by atoms with Gasteiger partial charge in [-0.05, 0) is 42.9 Å². The maximum absolute atomic E-state index is 11.3. The molecule has 1 aromatic rings. The quantitative estimate of drug-likeness (QED) is 0.533. The van der Waals surface area contributed by atoms with Crippen molar-refractivity contribution in [3.05, 3.63) is 41.0 Å². The Labute approximate surface area is 95.9 Å². The van der Waals surface area contributed by atoms with Gasteiger partial charge in [0.05, 0.1) is 7.11 Å². The average Bonchev–Trinajstić information content (AvgIpc) is 2.29. The molecule has 0 amide bonds. The maximum atomic E-state index is 11.3. The number of carbonyl (C=O) groups excluding carboxylic acids is 1. The number of ether oxygens (including phenoxy) is 1. The number of fused-ring (bicyclic) bond motifs is 1. The highest BCUT2D eigenvalue weighted by Gasteiger charge is 2.15. The van der Waals surface area contributed by atoms with E-state index in [0.717, 1.165) is 24.8 Å². The van der Waals surface area contributed by atoms with Gasteiger partial charge in [0.2, 0.25) is 0 Å². The van der Waals surface area contributed by atoms with Gasteiger partial charge in [-0.1, -0.05) is 23.8 Å². The molecule has 84 valence electrons. The van der Waals surface area contributed by atoms with E-state index in [4.69, 9.17) is 0 Å². The Hall–Kier alpha value is -1.57. The van der Waals surface area contributed by atoms with Crippen molar-refractivity contribution in [2.24, 2.45) is 0 Å². The van der Waals surface area contributed by atoms with Crippen LogP contribution >= 0.6 is 0 Å². The Balaban J connectivity index is 2.43. The third-order valence-electron chi connectivity index (χ3n) is 3.00. The zero-order chi connectivity index (χ0) is 11.5. The highest BCUT2D eigenvalue weighted by Crippen LogP contribution is 2.31. The summed E-state index contributed by atoms with van der Waals surface area (Å²) in [5.74, 6) is -0.260. The molecule has 2 nitrogen and oxygen atoms in total. The molecule has 0 unspecified atom stereocenters. The number of rotatable bonds is 1. The summed E-state index contributed by atoms with van der Waals surface area (Å²) in [6, 6.07) is 6.44. The molecule has 1 aromatic carbocycles. The first-order chi connectivity index (χ1) is 7.70. The number of hydrogen-bond donors (Lipinski definition) is 0. The molecule has 2 rings (SSSR count). The van der Waals surface area contributed by atoms with Gasteiger partial charge in [0.25, 0.3) is 0 Å². The molecule has 0 bridgehead atoms. The molecule has 0 atom stereocenters. The Bertz CT molecular complexity index is 444. The van der Waals surface area contributed by atoms with Crippen LogP contribution < -0.4 is 0 Å². The molecule has 0 aromatic heterocycles. The molecule has 0 fully saturated rings. The lowest BCUT2D eigenvalue weighted by Crippen LogP contribution is -2.05. The van der Waals surface area contributed by atoms with E-state index in [2.05, 4.69) is 29.9 Å². The summed E-state index contributed by atoms with van der Waals surface area (Å²) in [6.07, 6.45) is 4.80. The van der Waals surface area contributed by atoms with Crippen molar-refractivity contribution in [2.45, 2.75) is 26.2 Å². The second-order valence-corrected chi connectivity index (χ2v) is 4.21. The lowest BCUT2D eigenvalue weighted by molar-refractivity contribution is -0.134. The lowest BCUT2D eigenvalue weighted by atomic mass is 9.86. The van der Waals surface area contributed by atoms with Crippen LogP contribution in [0.3, 0.4) is 0 Å². The van der Waals surface area contributed by atoms with Crippen molar-refractivity contribution in [2.75, 3.05) is 7.11 Å². The lowest BCUT2D eigenvalue weighted by Gasteiger charge is -2.19. The SMILES string of the molecule is COC(=O)/C=C1/CCCc2ccc(C)cc21. The summed E-state index contributed by atoms with van der Waals surface area (Å²) in [6.45, 7) is 2.07. The number of benzene rings is 1. The fourth-order valence-corrected chi connectivity index (χ4v) is 2.16. The standard InChI is InChI=1S/C14H16O2/c1-10-6-7-11-4-3-5-12(13(11)8-10)9-14(15)16-2/h6-9H,3-5H2,1-2H3/b12-9-. The zero-order valence-corrected chi connectivity index (χ0v) is 9.75. The van der Waals surface area contributed by atoms with Gasteiger partial charge in [-0.3, -0.25) is 0 Å². The van der Waals surface area contributed by atoms with Crippen molar-refractivity contribution in [3.63, 3.8) is 0 Å². The zero-order valence-electron chi connectivity index (χ0n) is 9.75. The van der Waals surface area contributed by atoms with Crippen LogP contribution in [-0.4, -0.2) is 13.1 Å². The molecule has 0 N–H and O–H groups in total. The van der Waals surface area contributed by atoms with Gasteiger partial charge in [0.1, 0.15) is 0 Å². The van der Waals surface area contributed by atoms with Crippen molar-refractivity contribution in [3.8, 4) is 0 Å². The summed E-state index contributed by atoms with van der Waals surface area (Å²) < 4.78 is 4.68. The van der Waals surface area contributed by atoms with E-state index in [1.165, 1.54) is 23.8 Å². The maximum Gasteiger partial charge on any atom is 0.330 e. The van der Waals surface area contributed by atoms with E-state index in [1.54, 1.807) is 6.08 Å². The Morgan fingerprint density at radius 3 is 2.94 bits per heavy atom. The van der Waals surface area contributed by atoms with E-state index in [1.807, 2.05) is 0 Å². The molecule has 1 aliphatic rings. The van der Waals surface area contributed by atoms with Gasteiger partial charge >= 0.3 is 5.97 Å². The second-order valence-electron chi connectivity index (χ2n) is 4.21. The van der Waals surface area contributed by atoms with Gasteiger partial charge in [-0.15, -0.1) is 0 Å². The molecule has 0 radical (unpaired) electrons. The molecule has 1 aliphatic carbocycles. The molecular weight excluding hydrogens is 200 g/mol. The van der Waals surface area contributed by atoms with Gasteiger partial charge in [-0.25, -0.2) is 4.79 Å². The first kappa shape index (κ1) is 10.9. The number of aryl methyl sites for hydroxylation is 2. The predicted molar refractivity (Wildman–Crippen MR) is 64.1 cm³/mol. The molecule has 16 heavy (non-hydrogen) atoms. The molecule has 0 saturated heterocycles. The summed E-state index contributed by atoms with van der Waals surface area (Å²) >= 11 is 0. The van der Waals surface area contributed by atoms with Crippen molar-refractivity contribution < 1.29 is 9.53 Å². The van der Waals surface area contributed by atoms with Crippen LogP contribution in [0.15, 0.2) is 24.3 Å². The first-order valence-electron chi connectivity index (χ1n) is 5.59. The summed E-state index contributed by atoms with van der Waals surface area (Å²) in [4.78, 5) is 11.3. The van der Waals surface area contributed by atoms with Crippen LogP contribution in [0.2, 0.25) is 0 Å². The van der Waals surface area contributed by atoms with Gasteiger partial charge in [0.15, 0.2) is 0 Å². The third kappa shape index (κ3) is 2.16.